The van der Waals surface area contributed by atoms with E-state index in [0.717, 1.165) is 4.68 Å². The fourth-order valence-electron chi connectivity index (χ4n) is 1.98. The number of thiophene rings is 1. The number of fused-ring (bicyclic) bond motifs is 1. The van der Waals surface area contributed by atoms with Crippen LogP contribution in [0.25, 0.3) is 10.2 Å². The van der Waals surface area contributed by atoms with E-state index in [2.05, 4.69) is 10.4 Å². The van der Waals surface area contributed by atoms with Gasteiger partial charge in [-0.3, -0.25) is 15.0 Å². The van der Waals surface area contributed by atoms with E-state index in [1.807, 2.05) is 0 Å². The second-order valence-corrected chi connectivity index (χ2v) is 6.05. The molecule has 118 valence electrons. The zero-order chi connectivity index (χ0) is 16.4. The molecule has 6 nitrogen and oxygen atoms in total. The number of amides is 1. The molecule has 0 saturated carbocycles. The molecule has 0 bridgehead atoms. The van der Waals surface area contributed by atoms with Gasteiger partial charge in [-0.1, -0.05) is 11.6 Å². The molecular formula is C15H12ClN3O3S. The van der Waals surface area contributed by atoms with Gasteiger partial charge in [-0.15, -0.1) is 11.3 Å². The highest BCUT2D eigenvalue weighted by Gasteiger charge is 2.12. The lowest BCUT2D eigenvalue weighted by atomic mass is 10.3. The monoisotopic (exact) mass is 349 g/mol. The SMILES string of the molecule is Cc1nc2sccc2c(=O)n1NC(=O)COc1ccc(Cl)cc1. The maximum atomic E-state index is 12.3. The lowest BCUT2D eigenvalue weighted by Crippen LogP contribution is -2.37. The number of nitrogens with zero attached hydrogens (tertiary/aromatic N) is 2. The zero-order valence-corrected chi connectivity index (χ0v) is 13.6. The van der Waals surface area contributed by atoms with E-state index in [1.165, 1.54) is 11.3 Å². The summed E-state index contributed by atoms with van der Waals surface area (Å²) >= 11 is 7.16. The highest BCUT2D eigenvalue weighted by atomic mass is 35.5. The first-order valence-electron chi connectivity index (χ1n) is 6.69. The van der Waals surface area contributed by atoms with Crippen molar-refractivity contribution in [3.63, 3.8) is 0 Å². The Morgan fingerprint density at radius 2 is 2.09 bits per heavy atom. The Bertz CT molecular complexity index is 918. The second-order valence-electron chi connectivity index (χ2n) is 4.72. The summed E-state index contributed by atoms with van der Waals surface area (Å²) in [7, 11) is 0. The lowest BCUT2D eigenvalue weighted by molar-refractivity contribution is -0.119. The number of carbonyl (C=O) groups is 1. The molecule has 0 radical (unpaired) electrons. The predicted molar refractivity (Wildman–Crippen MR) is 89.9 cm³/mol. The van der Waals surface area contributed by atoms with E-state index in [1.54, 1.807) is 42.6 Å². The number of hydrogen-bond acceptors (Lipinski definition) is 5. The van der Waals surface area contributed by atoms with Gasteiger partial charge in [-0.25, -0.2) is 9.66 Å². The highest BCUT2D eigenvalue weighted by Crippen LogP contribution is 2.16. The van der Waals surface area contributed by atoms with E-state index in [9.17, 15) is 9.59 Å². The Balaban J connectivity index is 1.72. The molecule has 0 fully saturated rings. The fraction of sp³-hybridized carbons (Fsp3) is 0.133. The molecule has 23 heavy (non-hydrogen) atoms. The van der Waals surface area contributed by atoms with Gasteiger partial charge in [0.1, 0.15) is 16.4 Å². The van der Waals surface area contributed by atoms with E-state index in [0.29, 0.717) is 26.8 Å². The molecule has 0 unspecified atom stereocenters. The van der Waals surface area contributed by atoms with E-state index in [4.69, 9.17) is 16.3 Å². The minimum Gasteiger partial charge on any atom is -0.484 e. The van der Waals surface area contributed by atoms with Crippen LogP contribution in [0.5, 0.6) is 5.75 Å². The normalized spacial score (nSPS) is 10.7. The number of hydrogen-bond donors (Lipinski definition) is 1. The Morgan fingerprint density at radius 3 is 2.83 bits per heavy atom. The van der Waals surface area contributed by atoms with Crippen LogP contribution in [0.15, 0.2) is 40.5 Å². The summed E-state index contributed by atoms with van der Waals surface area (Å²) in [6.07, 6.45) is 0. The number of rotatable bonds is 4. The number of halogens is 1. The van der Waals surface area contributed by atoms with Gasteiger partial charge in [0.2, 0.25) is 0 Å². The number of aromatic nitrogens is 2. The van der Waals surface area contributed by atoms with Crippen LogP contribution in [-0.4, -0.2) is 22.2 Å². The number of carbonyl (C=O) groups excluding carboxylic acids is 1. The van der Waals surface area contributed by atoms with Gasteiger partial charge in [0, 0.05) is 5.02 Å². The molecule has 0 aliphatic rings. The zero-order valence-electron chi connectivity index (χ0n) is 12.1. The second kappa shape index (κ2) is 6.39. The summed E-state index contributed by atoms with van der Waals surface area (Å²) in [5, 5.41) is 2.84. The molecule has 2 heterocycles. The minimum atomic E-state index is -0.457. The Labute approximate surface area is 140 Å². The average molecular weight is 350 g/mol. The Hall–Kier alpha value is -2.38. The van der Waals surface area contributed by atoms with Crippen LogP contribution >= 0.6 is 22.9 Å². The van der Waals surface area contributed by atoms with Crippen molar-refractivity contribution in [2.45, 2.75) is 6.92 Å². The minimum absolute atomic E-state index is 0.227. The standard InChI is InChI=1S/C15H12ClN3O3S/c1-9-17-14-12(6-7-23-14)15(21)19(9)18-13(20)8-22-11-4-2-10(16)3-5-11/h2-7H,8H2,1H3,(H,18,20). The fourth-order valence-corrected chi connectivity index (χ4v) is 2.91. The summed E-state index contributed by atoms with van der Waals surface area (Å²) in [6, 6.07) is 8.33. The third-order valence-corrected chi connectivity index (χ3v) is 4.14. The van der Waals surface area contributed by atoms with Crippen LogP contribution in [0.1, 0.15) is 5.82 Å². The molecule has 1 N–H and O–H groups in total. The first-order valence-corrected chi connectivity index (χ1v) is 7.95. The summed E-state index contributed by atoms with van der Waals surface area (Å²) < 4.78 is 6.47. The average Bonchev–Trinajstić information content (AvgIpc) is 2.99. The molecule has 2 aromatic heterocycles. The van der Waals surface area contributed by atoms with Gasteiger partial charge in [-0.2, -0.15) is 0 Å². The summed E-state index contributed by atoms with van der Waals surface area (Å²) in [4.78, 5) is 29.2. The highest BCUT2D eigenvalue weighted by molar-refractivity contribution is 7.16. The quantitative estimate of drug-likeness (QED) is 0.785. The third kappa shape index (κ3) is 3.35. The van der Waals surface area contributed by atoms with E-state index < -0.39 is 5.91 Å². The third-order valence-electron chi connectivity index (χ3n) is 3.09. The van der Waals surface area contributed by atoms with Crippen LogP contribution in [0, 0.1) is 6.92 Å². The summed E-state index contributed by atoms with van der Waals surface area (Å²) in [6.45, 7) is 1.43. The largest absolute Gasteiger partial charge is 0.484 e. The molecule has 8 heteroatoms. The molecule has 3 rings (SSSR count). The topological polar surface area (TPSA) is 73.2 Å². The van der Waals surface area contributed by atoms with Gasteiger partial charge < -0.3 is 4.74 Å². The lowest BCUT2D eigenvalue weighted by Gasteiger charge is -2.11. The molecule has 0 spiro atoms. The van der Waals surface area contributed by atoms with Gasteiger partial charge in [-0.05, 0) is 42.6 Å². The summed E-state index contributed by atoms with van der Waals surface area (Å²) in [5.41, 5.74) is 2.19. The first kappa shape index (κ1) is 15.5. The molecule has 0 aliphatic heterocycles. The van der Waals surface area contributed by atoms with Crippen LogP contribution in [0.4, 0.5) is 0 Å². The molecule has 0 saturated heterocycles. The van der Waals surface area contributed by atoms with Crippen LogP contribution in [0.3, 0.4) is 0 Å². The molecule has 1 amide bonds. The number of aryl methyl sites for hydroxylation is 1. The first-order chi connectivity index (χ1) is 11.0. The van der Waals surface area contributed by atoms with Crippen molar-refractivity contribution in [2.75, 3.05) is 12.0 Å². The van der Waals surface area contributed by atoms with Crippen molar-refractivity contribution >= 4 is 39.1 Å². The van der Waals surface area contributed by atoms with Crippen LogP contribution < -0.4 is 15.7 Å². The van der Waals surface area contributed by atoms with Crippen molar-refractivity contribution in [3.8, 4) is 5.75 Å². The Morgan fingerprint density at radius 1 is 1.35 bits per heavy atom. The number of benzene rings is 1. The molecule has 3 aromatic rings. The van der Waals surface area contributed by atoms with Gasteiger partial charge in [0.05, 0.1) is 5.39 Å². The molecule has 0 atom stereocenters. The summed E-state index contributed by atoms with van der Waals surface area (Å²) in [5.74, 6) is 0.464. The van der Waals surface area contributed by atoms with Crippen molar-refractivity contribution < 1.29 is 9.53 Å². The van der Waals surface area contributed by atoms with Crippen molar-refractivity contribution in [1.29, 1.82) is 0 Å². The number of ether oxygens (including phenoxy) is 1. The van der Waals surface area contributed by atoms with Gasteiger partial charge in [0.15, 0.2) is 6.61 Å². The van der Waals surface area contributed by atoms with Crippen LogP contribution in [0.2, 0.25) is 5.02 Å². The van der Waals surface area contributed by atoms with Gasteiger partial charge in [0.25, 0.3) is 11.5 Å². The van der Waals surface area contributed by atoms with Crippen molar-refractivity contribution in [2.24, 2.45) is 0 Å². The smallest absolute Gasteiger partial charge is 0.281 e. The molecule has 1 aromatic carbocycles. The molecular weight excluding hydrogens is 338 g/mol. The van der Waals surface area contributed by atoms with Crippen molar-refractivity contribution in [3.05, 3.63) is 56.9 Å². The maximum absolute atomic E-state index is 12.3. The van der Waals surface area contributed by atoms with E-state index >= 15 is 0 Å². The van der Waals surface area contributed by atoms with Gasteiger partial charge >= 0.3 is 0 Å². The van der Waals surface area contributed by atoms with Crippen LogP contribution in [-0.2, 0) is 4.79 Å². The number of nitrogens with one attached hydrogen (secondary N) is 1. The maximum Gasteiger partial charge on any atom is 0.281 e. The predicted octanol–water partition coefficient (Wildman–Crippen LogP) is 2.57. The molecule has 0 aliphatic carbocycles. The van der Waals surface area contributed by atoms with Crippen molar-refractivity contribution in [1.82, 2.24) is 9.66 Å². The Kier molecular flexibility index (Phi) is 4.31. The van der Waals surface area contributed by atoms with E-state index in [-0.39, 0.29) is 12.2 Å².